The Kier molecular flexibility index (Phi) is 15.0. The van der Waals surface area contributed by atoms with Gasteiger partial charge in [-0.05, 0) is 30.5 Å². The molecule has 0 atom stereocenters. The molecule has 0 bridgehead atoms. The van der Waals surface area contributed by atoms with Gasteiger partial charge in [0.15, 0.2) is 0 Å². The predicted octanol–water partition coefficient (Wildman–Crippen LogP) is 4.05. The van der Waals surface area contributed by atoms with Crippen LogP contribution in [-0.4, -0.2) is 13.0 Å². The molecular formula is C26H37NaO5S. The van der Waals surface area contributed by atoms with Gasteiger partial charge in [0.05, 0.1) is 0 Å². The number of hydrogen-bond acceptors (Lipinski definition) is 4. The molecule has 5 nitrogen and oxygen atoms in total. The first-order valence-corrected chi connectivity index (χ1v) is 13.4. The van der Waals surface area contributed by atoms with Crippen molar-refractivity contribution < 1.29 is 52.4 Å². The van der Waals surface area contributed by atoms with Crippen LogP contribution in [0, 0.1) is 0 Å². The fourth-order valence-electron chi connectivity index (χ4n) is 3.86. The molecule has 0 aliphatic carbocycles. The van der Waals surface area contributed by atoms with Crippen molar-refractivity contribution in [2.75, 3.05) is 0 Å². The summed E-state index contributed by atoms with van der Waals surface area (Å²) in [5, 5.41) is 11.8. The van der Waals surface area contributed by atoms with E-state index in [4.69, 9.17) is 4.74 Å². The fraction of sp³-hybridized carbons (Fsp3) is 0.538. The summed E-state index contributed by atoms with van der Waals surface area (Å²) in [5.41, 5.74) is 0.572. The van der Waals surface area contributed by atoms with E-state index in [1.165, 1.54) is 76.0 Å². The van der Waals surface area contributed by atoms with E-state index in [1.807, 2.05) is 0 Å². The third-order valence-electron chi connectivity index (χ3n) is 5.69. The Morgan fingerprint density at radius 3 is 1.91 bits per heavy atom. The molecule has 0 fully saturated rings. The number of hydrogen-bond donors (Lipinski definition) is 1. The van der Waals surface area contributed by atoms with E-state index in [9.17, 15) is 18.1 Å². The zero-order chi connectivity index (χ0) is 23.2. The summed E-state index contributed by atoms with van der Waals surface area (Å²) in [6.45, 7) is 2.24. The Morgan fingerprint density at radius 1 is 0.818 bits per heavy atom. The van der Waals surface area contributed by atoms with Gasteiger partial charge in [-0.15, -0.1) is 0 Å². The summed E-state index contributed by atoms with van der Waals surface area (Å²) in [6.07, 6.45) is 15.4. The molecule has 1 N–H and O–H groups in total. The molecule has 0 unspecified atom stereocenters. The third kappa shape index (κ3) is 11.8. The van der Waals surface area contributed by atoms with Crippen molar-refractivity contribution in [1.82, 2.24) is 0 Å². The molecule has 0 aliphatic heterocycles. The van der Waals surface area contributed by atoms with Crippen LogP contribution in [0.3, 0.4) is 0 Å². The maximum Gasteiger partial charge on any atom is 1.00 e. The van der Waals surface area contributed by atoms with Crippen LogP contribution in [0.4, 0.5) is 0 Å². The van der Waals surface area contributed by atoms with Crippen molar-refractivity contribution in [3.05, 3.63) is 48.0 Å². The van der Waals surface area contributed by atoms with E-state index in [0.29, 0.717) is 12.0 Å². The van der Waals surface area contributed by atoms with E-state index in [-0.39, 0.29) is 51.7 Å². The molecule has 0 aliphatic rings. The van der Waals surface area contributed by atoms with Crippen molar-refractivity contribution in [2.24, 2.45) is 0 Å². The summed E-state index contributed by atoms with van der Waals surface area (Å²) < 4.78 is 39.0. The zero-order valence-electron chi connectivity index (χ0n) is 20.2. The molecule has 0 amide bonds. The standard InChI is InChI=1S/C26H38O5S.Na/c1-2-3-4-5-6-7-8-9-10-11-12-13-16-22-19-20-23(21-26(22)32(28,29)30)31-25-18-15-14-17-24(25)27;/h14-15,17-21,27H,2-13,16H2,1H3,(H,28,29,30);/q;+1/p-1. The molecule has 0 heterocycles. The van der Waals surface area contributed by atoms with Crippen LogP contribution < -0.4 is 39.4 Å². The largest absolute Gasteiger partial charge is 1.00 e. The number of ether oxygens (including phenoxy) is 1. The number of rotatable bonds is 16. The first-order valence-electron chi connectivity index (χ1n) is 12.0. The molecule has 2 aromatic carbocycles. The Morgan fingerprint density at radius 2 is 1.36 bits per heavy atom. The van der Waals surface area contributed by atoms with Crippen molar-refractivity contribution in [3.8, 4) is 17.2 Å². The quantitative estimate of drug-likeness (QED) is 0.221. The average Bonchev–Trinajstić information content (AvgIpc) is 2.76. The Bertz CT molecular complexity index is 915. The minimum Gasteiger partial charge on any atom is -0.870 e. The number of unbranched alkanes of at least 4 members (excludes halogenated alkanes) is 11. The molecule has 7 heteroatoms. The van der Waals surface area contributed by atoms with Gasteiger partial charge in [-0.1, -0.05) is 108 Å². The fourth-order valence-corrected chi connectivity index (χ4v) is 4.63. The molecule has 0 saturated heterocycles. The van der Waals surface area contributed by atoms with Crippen LogP contribution >= 0.6 is 0 Å². The van der Waals surface area contributed by atoms with Gasteiger partial charge in [-0.2, -0.15) is 8.42 Å². The van der Waals surface area contributed by atoms with Crippen LogP contribution in [0.5, 0.6) is 17.2 Å². The van der Waals surface area contributed by atoms with Crippen molar-refractivity contribution in [1.29, 1.82) is 0 Å². The van der Waals surface area contributed by atoms with Crippen LogP contribution in [0.1, 0.15) is 89.5 Å². The maximum absolute atomic E-state index is 11.9. The van der Waals surface area contributed by atoms with Gasteiger partial charge in [-0.25, -0.2) is 0 Å². The Labute approximate surface area is 222 Å². The van der Waals surface area contributed by atoms with E-state index >= 15 is 0 Å². The summed E-state index contributed by atoms with van der Waals surface area (Å²) >= 11 is 0. The van der Waals surface area contributed by atoms with Gasteiger partial charge in [0.25, 0.3) is 10.1 Å². The topological polar surface area (TPSA) is 86.7 Å². The van der Waals surface area contributed by atoms with E-state index in [1.54, 1.807) is 24.3 Å². The molecule has 2 aromatic rings. The molecule has 2 rings (SSSR count). The van der Waals surface area contributed by atoms with Crippen molar-refractivity contribution in [3.63, 3.8) is 0 Å². The molecular weight excluding hydrogens is 447 g/mol. The molecule has 33 heavy (non-hydrogen) atoms. The molecule has 178 valence electrons. The van der Waals surface area contributed by atoms with E-state index < -0.39 is 10.1 Å². The first kappa shape index (κ1) is 30.0. The summed E-state index contributed by atoms with van der Waals surface area (Å²) in [5.74, 6) is 0.0309. The van der Waals surface area contributed by atoms with Crippen molar-refractivity contribution >= 4 is 10.1 Å². The van der Waals surface area contributed by atoms with Gasteiger partial charge in [0.1, 0.15) is 16.4 Å². The second-order valence-electron chi connectivity index (χ2n) is 8.43. The minimum absolute atomic E-state index is 0. The van der Waals surface area contributed by atoms with Crippen LogP contribution in [0.15, 0.2) is 47.4 Å². The predicted molar refractivity (Wildman–Crippen MR) is 127 cm³/mol. The molecule has 0 saturated carbocycles. The van der Waals surface area contributed by atoms with Crippen LogP contribution in [-0.2, 0) is 16.5 Å². The summed E-state index contributed by atoms with van der Waals surface area (Å²) in [6, 6.07) is 10.8. The zero-order valence-corrected chi connectivity index (χ0v) is 23.0. The SMILES string of the molecule is CCCCCCCCCCCCCCc1ccc(Oc2ccccc2[O-])cc1S(=O)(=O)O.[Na+]. The number of para-hydroxylation sites is 2. The second-order valence-corrected chi connectivity index (χ2v) is 9.82. The average molecular weight is 485 g/mol. The summed E-state index contributed by atoms with van der Waals surface area (Å²) in [4.78, 5) is -0.151. The van der Waals surface area contributed by atoms with Crippen LogP contribution in [0.25, 0.3) is 0 Å². The monoisotopic (exact) mass is 484 g/mol. The van der Waals surface area contributed by atoms with Gasteiger partial charge in [0, 0.05) is 6.07 Å². The second kappa shape index (κ2) is 16.6. The Balaban J connectivity index is 0.00000544. The maximum atomic E-state index is 11.9. The van der Waals surface area contributed by atoms with E-state index in [2.05, 4.69) is 6.92 Å². The molecule has 0 spiro atoms. The van der Waals surface area contributed by atoms with Gasteiger partial charge in [-0.3, -0.25) is 4.55 Å². The van der Waals surface area contributed by atoms with Gasteiger partial charge >= 0.3 is 29.6 Å². The van der Waals surface area contributed by atoms with Crippen molar-refractivity contribution in [2.45, 2.75) is 95.3 Å². The first-order chi connectivity index (χ1) is 15.4. The van der Waals surface area contributed by atoms with E-state index in [0.717, 1.165) is 19.3 Å². The smallest absolute Gasteiger partial charge is 0.870 e. The summed E-state index contributed by atoms with van der Waals surface area (Å²) in [7, 11) is -4.38. The normalized spacial score (nSPS) is 11.2. The van der Waals surface area contributed by atoms with Gasteiger partial charge < -0.3 is 9.84 Å². The minimum atomic E-state index is -4.38. The van der Waals surface area contributed by atoms with Gasteiger partial charge in [0.2, 0.25) is 0 Å². The number of benzene rings is 2. The molecule has 0 aromatic heterocycles. The van der Waals surface area contributed by atoms with Crippen LogP contribution in [0.2, 0.25) is 0 Å². The number of aryl methyl sites for hydroxylation is 1. The Hall–Kier alpha value is -1.05. The third-order valence-corrected chi connectivity index (χ3v) is 6.63. The molecule has 0 radical (unpaired) electrons.